The third-order valence-corrected chi connectivity index (χ3v) is 4.36. The maximum Gasteiger partial charge on any atom is 0.134 e. The molecule has 0 saturated carbocycles. The van der Waals surface area contributed by atoms with Crippen LogP contribution in [-0.4, -0.2) is 7.11 Å². The Morgan fingerprint density at radius 2 is 1.54 bits per heavy atom. The monoisotopic (exact) mass is 334 g/mol. The predicted octanol–water partition coefficient (Wildman–Crippen LogP) is 6.72. The first-order chi connectivity index (χ1) is 11.6. The molecule has 0 radical (unpaired) electrons. The summed E-state index contributed by atoms with van der Waals surface area (Å²) in [6.45, 7) is 6.08. The second kappa shape index (κ2) is 6.94. The molecule has 0 aliphatic rings. The van der Waals surface area contributed by atoms with E-state index < -0.39 is 0 Å². The summed E-state index contributed by atoms with van der Waals surface area (Å²) in [5, 5.41) is 0.694. The highest BCUT2D eigenvalue weighted by molar-refractivity contribution is 6.34. The fourth-order valence-electron chi connectivity index (χ4n) is 2.95. The van der Waals surface area contributed by atoms with Gasteiger partial charge in [0.2, 0.25) is 0 Å². The van der Waals surface area contributed by atoms with Gasteiger partial charge in [-0.25, -0.2) is 0 Å². The first-order valence-corrected chi connectivity index (χ1v) is 8.18. The Morgan fingerprint density at radius 3 is 2.21 bits per heavy atom. The van der Waals surface area contributed by atoms with Gasteiger partial charge in [0.15, 0.2) is 0 Å². The number of rotatable bonds is 4. The summed E-state index contributed by atoms with van der Waals surface area (Å²) in [4.78, 5) is 0. The maximum atomic E-state index is 6.54. The molecule has 0 N–H and O–H groups in total. The highest BCUT2D eigenvalue weighted by Gasteiger charge is 2.17. The summed E-state index contributed by atoms with van der Waals surface area (Å²) in [6, 6.07) is 22.2. The molecule has 2 heteroatoms. The fourth-order valence-corrected chi connectivity index (χ4v) is 3.23. The second-order valence-corrected chi connectivity index (χ2v) is 6.10. The Balaban J connectivity index is 2.30. The number of methoxy groups -OCH3 is 1. The Hall–Kier alpha value is -2.51. The number of hydrogen-bond acceptors (Lipinski definition) is 1. The van der Waals surface area contributed by atoms with Gasteiger partial charge in [-0.05, 0) is 24.1 Å². The van der Waals surface area contributed by atoms with E-state index in [4.69, 9.17) is 16.3 Å². The highest BCUT2D eigenvalue weighted by atomic mass is 35.5. The van der Waals surface area contributed by atoms with E-state index in [1.807, 2.05) is 55.5 Å². The molecule has 0 aromatic heterocycles. The average molecular weight is 335 g/mol. The van der Waals surface area contributed by atoms with E-state index >= 15 is 0 Å². The zero-order valence-corrected chi connectivity index (χ0v) is 14.6. The van der Waals surface area contributed by atoms with Gasteiger partial charge in [-0.15, -0.1) is 0 Å². The van der Waals surface area contributed by atoms with Crippen LogP contribution in [0.2, 0.25) is 5.02 Å². The van der Waals surface area contributed by atoms with Crippen LogP contribution in [0.15, 0.2) is 73.3 Å². The lowest BCUT2D eigenvalue weighted by molar-refractivity contribution is 0.418. The van der Waals surface area contributed by atoms with Crippen LogP contribution in [0, 0.1) is 0 Å². The molecule has 0 bridgehead atoms. The number of para-hydroxylation sites is 1. The number of halogens is 1. The quantitative estimate of drug-likeness (QED) is 0.514. The van der Waals surface area contributed by atoms with Crippen molar-refractivity contribution in [1.82, 2.24) is 0 Å². The molecule has 0 fully saturated rings. The van der Waals surface area contributed by atoms with Crippen LogP contribution in [0.25, 0.3) is 27.8 Å². The molecule has 0 aliphatic heterocycles. The van der Waals surface area contributed by atoms with Crippen molar-refractivity contribution >= 4 is 17.2 Å². The summed E-state index contributed by atoms with van der Waals surface area (Å²) in [6.07, 6.45) is 0. The summed E-state index contributed by atoms with van der Waals surface area (Å²) >= 11 is 6.54. The van der Waals surface area contributed by atoms with Crippen LogP contribution in [-0.2, 0) is 0 Å². The zero-order valence-electron chi connectivity index (χ0n) is 13.8. The van der Waals surface area contributed by atoms with E-state index in [-0.39, 0.29) is 0 Å². The molecule has 3 aromatic carbocycles. The second-order valence-electron chi connectivity index (χ2n) is 5.70. The van der Waals surface area contributed by atoms with Crippen molar-refractivity contribution in [3.8, 4) is 28.0 Å². The van der Waals surface area contributed by atoms with Crippen LogP contribution < -0.4 is 4.74 Å². The Kier molecular flexibility index (Phi) is 4.73. The van der Waals surface area contributed by atoms with Crippen molar-refractivity contribution < 1.29 is 4.74 Å². The van der Waals surface area contributed by atoms with Gasteiger partial charge in [0.05, 0.1) is 7.11 Å². The molecule has 3 rings (SSSR count). The first kappa shape index (κ1) is 16.4. The lowest BCUT2D eigenvalue weighted by Crippen LogP contribution is -1.95. The zero-order chi connectivity index (χ0) is 17.1. The largest absolute Gasteiger partial charge is 0.495 e. The van der Waals surface area contributed by atoms with Gasteiger partial charge in [0.25, 0.3) is 0 Å². The first-order valence-electron chi connectivity index (χ1n) is 7.80. The minimum absolute atomic E-state index is 0.694. The van der Waals surface area contributed by atoms with E-state index in [0.717, 1.165) is 39.1 Å². The molecule has 0 spiro atoms. The highest BCUT2D eigenvalue weighted by Crippen LogP contribution is 2.43. The van der Waals surface area contributed by atoms with Gasteiger partial charge < -0.3 is 4.74 Å². The van der Waals surface area contributed by atoms with Crippen LogP contribution in [0.5, 0.6) is 5.75 Å². The summed E-state index contributed by atoms with van der Waals surface area (Å²) in [5.74, 6) is 0.819. The van der Waals surface area contributed by atoms with Crippen LogP contribution >= 0.6 is 11.6 Å². The molecule has 24 heavy (non-hydrogen) atoms. The van der Waals surface area contributed by atoms with Crippen molar-refractivity contribution in [1.29, 1.82) is 0 Å². The SMILES string of the molecule is C=C(C)c1cccc(Cl)c1-c1cccc(-c2ccccc2)c1OC. The van der Waals surface area contributed by atoms with Crippen LogP contribution in [0.1, 0.15) is 12.5 Å². The molecule has 0 unspecified atom stereocenters. The normalized spacial score (nSPS) is 10.5. The number of allylic oxidation sites excluding steroid dienone is 1. The predicted molar refractivity (Wildman–Crippen MR) is 104 cm³/mol. The van der Waals surface area contributed by atoms with Gasteiger partial charge >= 0.3 is 0 Å². The lowest BCUT2D eigenvalue weighted by Gasteiger charge is -2.18. The van der Waals surface area contributed by atoms with Crippen molar-refractivity contribution in [2.45, 2.75) is 6.92 Å². The molecule has 0 saturated heterocycles. The van der Waals surface area contributed by atoms with Crippen molar-refractivity contribution in [3.63, 3.8) is 0 Å². The van der Waals surface area contributed by atoms with Gasteiger partial charge in [-0.1, -0.05) is 84.4 Å². The Bertz CT molecular complexity index is 882. The standard InChI is InChI=1S/C22H19ClO/c1-15(2)17-11-8-14-20(23)21(17)19-13-7-12-18(22(19)24-3)16-9-5-4-6-10-16/h4-14H,1H2,2-3H3. The van der Waals surface area contributed by atoms with Crippen molar-refractivity contribution in [2.75, 3.05) is 7.11 Å². The molecular formula is C22H19ClO. The third kappa shape index (κ3) is 2.95. The van der Waals surface area contributed by atoms with Crippen molar-refractivity contribution in [3.05, 3.63) is 83.9 Å². The third-order valence-electron chi connectivity index (χ3n) is 4.05. The van der Waals surface area contributed by atoms with Gasteiger partial charge in [0, 0.05) is 21.7 Å². The van der Waals surface area contributed by atoms with E-state index in [1.165, 1.54) is 0 Å². The summed E-state index contributed by atoms with van der Waals surface area (Å²) in [5.41, 5.74) is 6.10. The van der Waals surface area contributed by atoms with Crippen molar-refractivity contribution in [2.24, 2.45) is 0 Å². The molecule has 3 aromatic rings. The average Bonchev–Trinajstić information content (AvgIpc) is 2.61. The van der Waals surface area contributed by atoms with Gasteiger partial charge in [-0.2, -0.15) is 0 Å². The smallest absolute Gasteiger partial charge is 0.134 e. The fraction of sp³-hybridized carbons (Fsp3) is 0.0909. The molecule has 0 amide bonds. The van der Waals surface area contributed by atoms with Gasteiger partial charge in [0.1, 0.15) is 5.75 Å². The van der Waals surface area contributed by atoms with E-state index in [2.05, 4.69) is 24.8 Å². The molecular weight excluding hydrogens is 316 g/mol. The topological polar surface area (TPSA) is 9.23 Å². The number of ether oxygens (including phenoxy) is 1. The summed E-state index contributed by atoms with van der Waals surface area (Å²) in [7, 11) is 1.70. The van der Waals surface area contributed by atoms with E-state index in [9.17, 15) is 0 Å². The minimum atomic E-state index is 0.694. The Labute approximate surface area is 148 Å². The van der Waals surface area contributed by atoms with E-state index in [0.29, 0.717) is 5.02 Å². The molecule has 0 atom stereocenters. The minimum Gasteiger partial charge on any atom is -0.495 e. The molecule has 1 nitrogen and oxygen atoms in total. The van der Waals surface area contributed by atoms with Crippen LogP contribution in [0.3, 0.4) is 0 Å². The van der Waals surface area contributed by atoms with Crippen LogP contribution in [0.4, 0.5) is 0 Å². The number of benzene rings is 3. The van der Waals surface area contributed by atoms with Gasteiger partial charge in [-0.3, -0.25) is 0 Å². The number of hydrogen-bond donors (Lipinski definition) is 0. The molecule has 120 valence electrons. The molecule has 0 heterocycles. The van der Waals surface area contributed by atoms with E-state index in [1.54, 1.807) is 7.11 Å². The Morgan fingerprint density at radius 1 is 0.875 bits per heavy atom. The lowest BCUT2D eigenvalue weighted by atomic mass is 9.92. The molecule has 0 aliphatic carbocycles. The maximum absolute atomic E-state index is 6.54. The summed E-state index contributed by atoms with van der Waals surface area (Å²) < 4.78 is 5.79.